The molecule has 0 bridgehead atoms. The predicted molar refractivity (Wildman–Crippen MR) is 78.8 cm³/mol. The summed E-state index contributed by atoms with van der Waals surface area (Å²) in [7, 11) is 3.96. The number of hydrogen-bond acceptors (Lipinski definition) is 2. The lowest BCUT2D eigenvalue weighted by atomic mass is 9.71. The molecular weight excluding hydrogens is 222 g/mol. The Labute approximate surface area is 114 Å². The van der Waals surface area contributed by atoms with E-state index in [1.165, 1.54) is 32.1 Å². The van der Waals surface area contributed by atoms with Gasteiger partial charge in [-0.05, 0) is 37.1 Å². The molecule has 0 aliphatic heterocycles. The highest BCUT2D eigenvalue weighted by atomic mass is 16.5. The third-order valence-electron chi connectivity index (χ3n) is 4.68. The van der Waals surface area contributed by atoms with Crippen LogP contribution < -0.4 is 5.32 Å². The zero-order valence-corrected chi connectivity index (χ0v) is 13.3. The highest BCUT2D eigenvalue weighted by molar-refractivity contribution is 4.92. The van der Waals surface area contributed by atoms with Crippen molar-refractivity contribution in [2.24, 2.45) is 17.3 Å². The van der Waals surface area contributed by atoms with Gasteiger partial charge in [-0.15, -0.1) is 0 Å². The van der Waals surface area contributed by atoms with Crippen LogP contribution in [0.1, 0.15) is 59.8 Å². The molecule has 0 aromatic heterocycles. The van der Waals surface area contributed by atoms with E-state index >= 15 is 0 Å². The summed E-state index contributed by atoms with van der Waals surface area (Å²) in [6.07, 6.45) is 7.18. The van der Waals surface area contributed by atoms with E-state index in [2.05, 4.69) is 40.1 Å². The van der Waals surface area contributed by atoms with E-state index in [4.69, 9.17) is 4.74 Å². The quantitative estimate of drug-likeness (QED) is 0.805. The molecule has 0 amide bonds. The minimum absolute atomic E-state index is 0.196. The minimum atomic E-state index is 0.196. The first-order valence-corrected chi connectivity index (χ1v) is 7.64. The molecule has 0 radical (unpaired) electrons. The molecule has 1 saturated carbocycles. The summed E-state index contributed by atoms with van der Waals surface area (Å²) in [6.45, 7) is 9.18. The molecule has 0 heterocycles. The molecule has 108 valence electrons. The summed E-state index contributed by atoms with van der Waals surface area (Å²) in [6, 6.07) is 0.490. The van der Waals surface area contributed by atoms with Crippen molar-refractivity contribution in [3.63, 3.8) is 0 Å². The Morgan fingerprint density at radius 3 is 2.39 bits per heavy atom. The van der Waals surface area contributed by atoms with Crippen LogP contribution in [0.2, 0.25) is 0 Å². The zero-order chi connectivity index (χ0) is 13.8. The van der Waals surface area contributed by atoms with Crippen molar-refractivity contribution in [2.75, 3.05) is 14.2 Å². The van der Waals surface area contributed by atoms with Gasteiger partial charge in [-0.25, -0.2) is 0 Å². The summed E-state index contributed by atoms with van der Waals surface area (Å²) in [5.74, 6) is 1.70. The van der Waals surface area contributed by atoms with E-state index in [0.29, 0.717) is 12.1 Å². The van der Waals surface area contributed by atoms with Crippen LogP contribution in [-0.4, -0.2) is 26.3 Å². The highest BCUT2D eigenvalue weighted by Gasteiger charge is 2.37. The summed E-state index contributed by atoms with van der Waals surface area (Å²) < 4.78 is 5.83. The highest BCUT2D eigenvalue weighted by Crippen LogP contribution is 2.37. The number of ether oxygens (including phenoxy) is 1. The van der Waals surface area contributed by atoms with E-state index in [-0.39, 0.29) is 5.41 Å². The summed E-state index contributed by atoms with van der Waals surface area (Å²) in [4.78, 5) is 0. The summed E-state index contributed by atoms with van der Waals surface area (Å²) >= 11 is 0. The van der Waals surface area contributed by atoms with Crippen LogP contribution in [-0.2, 0) is 4.74 Å². The van der Waals surface area contributed by atoms with Gasteiger partial charge in [-0.3, -0.25) is 0 Å². The molecular formula is C16H33NO. The molecule has 18 heavy (non-hydrogen) atoms. The van der Waals surface area contributed by atoms with Crippen molar-refractivity contribution in [1.82, 2.24) is 5.32 Å². The zero-order valence-electron chi connectivity index (χ0n) is 13.3. The van der Waals surface area contributed by atoms with E-state index < -0.39 is 0 Å². The van der Waals surface area contributed by atoms with Crippen molar-refractivity contribution in [1.29, 1.82) is 0 Å². The molecule has 1 rings (SSSR count). The molecule has 0 spiro atoms. The van der Waals surface area contributed by atoms with Crippen molar-refractivity contribution in [2.45, 2.75) is 71.9 Å². The Morgan fingerprint density at radius 2 is 1.94 bits per heavy atom. The SMILES string of the molecule is CCC1CCCC(C(NC)C(OC)C(C)(C)C)C1. The smallest absolute Gasteiger partial charge is 0.0774 e. The van der Waals surface area contributed by atoms with Crippen molar-refractivity contribution in [3.8, 4) is 0 Å². The number of likely N-dealkylation sites (N-methyl/N-ethyl adjacent to an activating group) is 1. The molecule has 4 unspecified atom stereocenters. The molecule has 1 aliphatic rings. The lowest BCUT2D eigenvalue weighted by Crippen LogP contribution is -2.51. The van der Waals surface area contributed by atoms with Gasteiger partial charge in [0.05, 0.1) is 6.10 Å². The topological polar surface area (TPSA) is 21.3 Å². The Balaban J connectivity index is 2.74. The van der Waals surface area contributed by atoms with Crippen LogP contribution in [0.25, 0.3) is 0 Å². The number of methoxy groups -OCH3 is 1. The predicted octanol–water partition coefficient (Wildman–Crippen LogP) is 3.85. The molecule has 0 aromatic rings. The van der Waals surface area contributed by atoms with Gasteiger partial charge >= 0.3 is 0 Å². The lowest BCUT2D eigenvalue weighted by Gasteiger charge is -2.42. The normalized spacial score (nSPS) is 29.0. The van der Waals surface area contributed by atoms with Crippen LogP contribution in [0.4, 0.5) is 0 Å². The Hall–Kier alpha value is -0.0800. The largest absolute Gasteiger partial charge is 0.379 e. The van der Waals surface area contributed by atoms with Gasteiger partial charge in [0, 0.05) is 13.2 Å². The van der Waals surface area contributed by atoms with Gasteiger partial charge in [0.25, 0.3) is 0 Å². The molecule has 2 nitrogen and oxygen atoms in total. The van der Waals surface area contributed by atoms with Gasteiger partial charge in [-0.1, -0.05) is 47.0 Å². The second-order valence-electron chi connectivity index (χ2n) is 7.04. The molecule has 1 fully saturated rings. The number of rotatable bonds is 5. The summed E-state index contributed by atoms with van der Waals surface area (Å²) in [5.41, 5.74) is 0.196. The molecule has 0 saturated heterocycles. The molecule has 1 N–H and O–H groups in total. The van der Waals surface area contributed by atoms with E-state index in [0.717, 1.165) is 11.8 Å². The van der Waals surface area contributed by atoms with Crippen LogP contribution in [0, 0.1) is 17.3 Å². The Kier molecular flexibility index (Phi) is 6.13. The second-order valence-corrected chi connectivity index (χ2v) is 7.04. The maximum Gasteiger partial charge on any atom is 0.0774 e. The molecule has 2 heteroatoms. The number of hydrogen-bond donors (Lipinski definition) is 1. The molecule has 1 aliphatic carbocycles. The first-order chi connectivity index (χ1) is 8.43. The average molecular weight is 255 g/mol. The van der Waals surface area contributed by atoms with Gasteiger partial charge in [-0.2, -0.15) is 0 Å². The van der Waals surface area contributed by atoms with E-state index in [1.807, 2.05) is 7.11 Å². The first kappa shape index (κ1) is 16.0. The third kappa shape index (κ3) is 3.96. The average Bonchev–Trinajstić information content (AvgIpc) is 2.34. The Bertz CT molecular complexity index is 234. The van der Waals surface area contributed by atoms with E-state index in [1.54, 1.807) is 0 Å². The summed E-state index contributed by atoms with van der Waals surface area (Å²) in [5, 5.41) is 3.55. The second kappa shape index (κ2) is 6.91. The number of nitrogens with one attached hydrogen (secondary N) is 1. The molecule has 0 aromatic carbocycles. The van der Waals surface area contributed by atoms with Gasteiger partial charge in [0.15, 0.2) is 0 Å². The fraction of sp³-hybridized carbons (Fsp3) is 1.00. The maximum absolute atomic E-state index is 5.83. The lowest BCUT2D eigenvalue weighted by molar-refractivity contribution is -0.0320. The minimum Gasteiger partial charge on any atom is -0.379 e. The van der Waals surface area contributed by atoms with Crippen LogP contribution >= 0.6 is 0 Å². The van der Waals surface area contributed by atoms with Crippen molar-refractivity contribution >= 4 is 0 Å². The molecule has 4 atom stereocenters. The van der Waals surface area contributed by atoms with Crippen LogP contribution in [0.15, 0.2) is 0 Å². The van der Waals surface area contributed by atoms with Crippen molar-refractivity contribution < 1.29 is 4.74 Å². The first-order valence-electron chi connectivity index (χ1n) is 7.64. The van der Waals surface area contributed by atoms with E-state index in [9.17, 15) is 0 Å². The van der Waals surface area contributed by atoms with Crippen molar-refractivity contribution in [3.05, 3.63) is 0 Å². The monoisotopic (exact) mass is 255 g/mol. The third-order valence-corrected chi connectivity index (χ3v) is 4.68. The van der Waals surface area contributed by atoms with Gasteiger partial charge in [0.1, 0.15) is 0 Å². The fourth-order valence-corrected chi connectivity index (χ4v) is 3.70. The maximum atomic E-state index is 5.83. The van der Waals surface area contributed by atoms with Gasteiger partial charge < -0.3 is 10.1 Å². The van der Waals surface area contributed by atoms with Gasteiger partial charge in [0.2, 0.25) is 0 Å². The van der Waals surface area contributed by atoms with Crippen LogP contribution in [0.3, 0.4) is 0 Å². The van der Waals surface area contributed by atoms with Crippen LogP contribution in [0.5, 0.6) is 0 Å². The fourth-order valence-electron chi connectivity index (χ4n) is 3.70. The standard InChI is InChI=1S/C16H33NO/c1-7-12-9-8-10-13(11-12)14(17-5)15(18-6)16(2,3)4/h12-15,17H,7-11H2,1-6H3. The Morgan fingerprint density at radius 1 is 1.28 bits per heavy atom.